The molecule has 1 saturated heterocycles. The van der Waals surface area contributed by atoms with E-state index in [9.17, 15) is 9.59 Å². The number of guanidine groups is 1. The number of fused-ring (bicyclic) bond motifs is 1. The number of amides is 1. The fourth-order valence-corrected chi connectivity index (χ4v) is 7.40. The molecule has 1 atom stereocenters. The number of rotatable bonds is 15. The highest BCUT2D eigenvalue weighted by Gasteiger charge is 2.35. The molecule has 2 aliphatic heterocycles. The van der Waals surface area contributed by atoms with Gasteiger partial charge in [0, 0.05) is 50.4 Å². The molecule has 10 nitrogen and oxygen atoms in total. The monoisotopic (exact) mass is 668 g/mol. The zero-order valence-electron chi connectivity index (χ0n) is 28.2. The van der Waals surface area contributed by atoms with Crippen molar-refractivity contribution in [1.82, 2.24) is 9.80 Å². The summed E-state index contributed by atoms with van der Waals surface area (Å²) in [5.74, 6) is 2.44. The molecule has 10 heteroatoms. The molecule has 2 fully saturated rings. The Bertz CT molecular complexity index is 1520. The fraction of sp³-hybridized carbons (Fsp3) is 0.462. The van der Waals surface area contributed by atoms with Crippen LogP contribution in [0.3, 0.4) is 0 Å². The van der Waals surface area contributed by atoms with Gasteiger partial charge in [-0.05, 0) is 86.8 Å². The number of hydrogen-bond acceptors (Lipinski definition) is 9. The lowest BCUT2D eigenvalue weighted by Crippen LogP contribution is -2.50. The molecule has 0 spiro atoms. The summed E-state index contributed by atoms with van der Waals surface area (Å²) in [4.78, 5) is 34.1. The summed E-state index contributed by atoms with van der Waals surface area (Å²) >= 11 is 0. The predicted molar refractivity (Wildman–Crippen MR) is 187 cm³/mol. The first-order valence-electron chi connectivity index (χ1n) is 17.6. The van der Waals surface area contributed by atoms with Crippen molar-refractivity contribution in [2.24, 2.45) is 16.6 Å². The molecule has 1 saturated carbocycles. The van der Waals surface area contributed by atoms with Crippen molar-refractivity contribution in [2.75, 3.05) is 26.4 Å². The molecule has 260 valence electrons. The first kappa shape index (κ1) is 34.5. The Hall–Kier alpha value is -4.41. The molecule has 2 N–H and O–H groups in total. The van der Waals surface area contributed by atoms with Crippen molar-refractivity contribution in [3.05, 3.63) is 90.0 Å². The highest BCUT2D eigenvalue weighted by atomic mass is 16.5. The number of aliphatic imine (C=N–C) groups is 1. The number of carbonyl (C=O) groups excluding carboxylic acids is 2. The van der Waals surface area contributed by atoms with Crippen molar-refractivity contribution in [3.63, 3.8) is 0 Å². The summed E-state index contributed by atoms with van der Waals surface area (Å²) < 4.78 is 23.1. The lowest BCUT2D eigenvalue weighted by molar-refractivity contribution is -0.140. The van der Waals surface area contributed by atoms with E-state index in [-0.39, 0.29) is 24.1 Å². The molecule has 2 heterocycles. The van der Waals surface area contributed by atoms with Gasteiger partial charge in [-0.15, -0.1) is 0 Å². The second-order valence-electron chi connectivity index (χ2n) is 13.1. The van der Waals surface area contributed by atoms with Gasteiger partial charge in [0.05, 0.1) is 18.9 Å². The van der Waals surface area contributed by atoms with Crippen LogP contribution in [0.2, 0.25) is 0 Å². The van der Waals surface area contributed by atoms with Gasteiger partial charge in [-0.3, -0.25) is 9.59 Å². The number of carbonyl (C=O) groups is 2. The van der Waals surface area contributed by atoms with E-state index in [1.807, 2.05) is 83.8 Å². The maximum atomic E-state index is 14.1. The average molecular weight is 669 g/mol. The molecule has 3 aromatic rings. The first-order chi connectivity index (χ1) is 24.1. The number of nitrogens with zero attached hydrogens (tertiary/aromatic N) is 3. The van der Waals surface area contributed by atoms with E-state index in [2.05, 4.69) is 4.90 Å². The summed E-state index contributed by atoms with van der Waals surface area (Å²) in [7, 11) is 0. The van der Waals surface area contributed by atoms with E-state index in [0.717, 1.165) is 66.8 Å². The Kier molecular flexibility index (Phi) is 12.2. The van der Waals surface area contributed by atoms with Gasteiger partial charge < -0.3 is 34.5 Å². The van der Waals surface area contributed by atoms with Crippen LogP contribution in [0.25, 0.3) is 0 Å². The normalized spacial score (nSPS) is 20.1. The highest BCUT2D eigenvalue weighted by molar-refractivity contribution is 5.84. The Morgan fingerprint density at radius 3 is 2.43 bits per heavy atom. The Morgan fingerprint density at radius 2 is 1.69 bits per heavy atom. The molecule has 6 rings (SSSR count). The summed E-state index contributed by atoms with van der Waals surface area (Å²) in [6.45, 7) is 3.98. The van der Waals surface area contributed by atoms with Crippen LogP contribution >= 0.6 is 0 Å². The molecule has 0 radical (unpaired) electrons. The predicted octanol–water partition coefficient (Wildman–Crippen LogP) is 6.35. The summed E-state index contributed by atoms with van der Waals surface area (Å²) in [5, 5.41) is 0. The number of benzene rings is 3. The molecular weight excluding hydrogens is 620 g/mol. The van der Waals surface area contributed by atoms with Gasteiger partial charge in [0.15, 0.2) is 5.96 Å². The third kappa shape index (κ3) is 9.39. The van der Waals surface area contributed by atoms with Crippen molar-refractivity contribution in [2.45, 2.75) is 82.7 Å². The second kappa shape index (κ2) is 17.3. The van der Waals surface area contributed by atoms with Crippen LogP contribution in [0, 0.1) is 5.92 Å². The van der Waals surface area contributed by atoms with Crippen LogP contribution in [0.5, 0.6) is 11.5 Å². The van der Waals surface area contributed by atoms with E-state index in [1.54, 1.807) is 0 Å². The SMILES string of the molecule is NC1=Nc2ccc(Oc3ccccc3)cc2CN1C(CCC(=O)N(CCOCc1ccccc1)C1CCC(OC=O)CC1)C1CCOCC1. The third-order valence-electron chi connectivity index (χ3n) is 10.0. The molecule has 1 aliphatic carbocycles. The Morgan fingerprint density at radius 1 is 0.959 bits per heavy atom. The Balaban J connectivity index is 1.14. The number of nitrogens with two attached hydrogens (primary N) is 1. The van der Waals surface area contributed by atoms with Crippen LogP contribution in [0.15, 0.2) is 83.9 Å². The van der Waals surface area contributed by atoms with Crippen molar-refractivity contribution in [3.8, 4) is 11.5 Å². The number of hydrogen-bond donors (Lipinski definition) is 1. The van der Waals surface area contributed by atoms with Gasteiger partial charge >= 0.3 is 0 Å². The first-order valence-corrected chi connectivity index (χ1v) is 17.6. The van der Waals surface area contributed by atoms with Crippen LogP contribution < -0.4 is 10.5 Å². The minimum absolute atomic E-state index is 0.0244. The molecule has 1 unspecified atom stereocenters. The largest absolute Gasteiger partial charge is 0.465 e. The van der Waals surface area contributed by atoms with Gasteiger partial charge in [0.25, 0.3) is 6.47 Å². The molecule has 3 aliphatic rings. The quantitative estimate of drug-likeness (QED) is 0.147. The minimum Gasteiger partial charge on any atom is -0.465 e. The summed E-state index contributed by atoms with van der Waals surface area (Å²) in [5.41, 5.74) is 9.66. The fourth-order valence-electron chi connectivity index (χ4n) is 7.40. The number of para-hydroxylation sites is 1. The van der Waals surface area contributed by atoms with E-state index >= 15 is 0 Å². The van der Waals surface area contributed by atoms with Gasteiger partial charge in [0.2, 0.25) is 5.91 Å². The molecule has 0 bridgehead atoms. The van der Waals surface area contributed by atoms with E-state index in [1.165, 1.54) is 0 Å². The van der Waals surface area contributed by atoms with Gasteiger partial charge in [-0.25, -0.2) is 4.99 Å². The molecule has 0 aromatic heterocycles. The summed E-state index contributed by atoms with van der Waals surface area (Å²) in [6.07, 6.45) is 5.86. The molecule has 1 amide bonds. The third-order valence-corrected chi connectivity index (χ3v) is 10.0. The van der Waals surface area contributed by atoms with E-state index in [4.69, 9.17) is 29.7 Å². The van der Waals surface area contributed by atoms with Crippen molar-refractivity contribution >= 4 is 24.0 Å². The Labute approximate surface area is 289 Å². The molecular formula is C39H48N4O6. The van der Waals surface area contributed by atoms with Gasteiger partial charge in [-0.2, -0.15) is 0 Å². The van der Waals surface area contributed by atoms with Gasteiger partial charge in [0.1, 0.15) is 17.6 Å². The second-order valence-corrected chi connectivity index (χ2v) is 13.1. The lowest BCUT2D eigenvalue weighted by atomic mass is 9.86. The van der Waals surface area contributed by atoms with Crippen LogP contribution in [0.4, 0.5) is 5.69 Å². The molecule has 49 heavy (non-hydrogen) atoms. The molecule has 3 aromatic carbocycles. The zero-order chi connectivity index (χ0) is 33.8. The highest BCUT2D eigenvalue weighted by Crippen LogP contribution is 2.35. The summed E-state index contributed by atoms with van der Waals surface area (Å²) in [6, 6.07) is 25.8. The minimum atomic E-state index is -0.0826. The van der Waals surface area contributed by atoms with Crippen LogP contribution in [-0.4, -0.2) is 72.7 Å². The zero-order valence-corrected chi connectivity index (χ0v) is 28.2. The number of ether oxygens (including phenoxy) is 4. The maximum absolute atomic E-state index is 14.1. The van der Waals surface area contributed by atoms with Crippen molar-refractivity contribution in [1.29, 1.82) is 0 Å². The van der Waals surface area contributed by atoms with E-state index < -0.39 is 0 Å². The standard InChI is InChI=1S/C39H48N4O6/c40-39-41-36-16-15-35(49-34-9-5-2-6-10-34)25-31(36)26-43(39)37(30-19-22-46-23-20-30)17-18-38(45)42(32-11-13-33(14-12-32)48-28-44)21-24-47-27-29-7-3-1-4-8-29/h1-10,15-16,25,28,30,32-33,37H,11-14,17-24,26-27H2,(H2,40,41). The topological polar surface area (TPSA) is 116 Å². The smallest absolute Gasteiger partial charge is 0.293 e. The van der Waals surface area contributed by atoms with Crippen molar-refractivity contribution < 1.29 is 28.5 Å². The lowest BCUT2D eigenvalue weighted by Gasteiger charge is -2.42. The van der Waals surface area contributed by atoms with E-state index in [0.29, 0.717) is 70.7 Å². The maximum Gasteiger partial charge on any atom is 0.293 e. The van der Waals surface area contributed by atoms with Gasteiger partial charge in [-0.1, -0.05) is 48.5 Å². The van der Waals surface area contributed by atoms with Crippen LogP contribution in [-0.2, 0) is 37.0 Å². The average Bonchev–Trinajstić information content (AvgIpc) is 3.14. The van der Waals surface area contributed by atoms with Crippen LogP contribution in [0.1, 0.15) is 62.5 Å².